The molecule has 3 rings (SSSR count). The molecule has 1 saturated heterocycles. The zero-order valence-electron chi connectivity index (χ0n) is 14.5. The number of amides is 4. The number of nitrogens with zero attached hydrogens (tertiary/aromatic N) is 2. The number of nitrogens with one attached hydrogen (secondary N) is 3. The molecule has 1 aliphatic rings. The summed E-state index contributed by atoms with van der Waals surface area (Å²) in [5.41, 5.74) is 0.363. The van der Waals surface area contributed by atoms with E-state index < -0.39 is 23.7 Å². The second kappa shape index (κ2) is 8.57. The van der Waals surface area contributed by atoms with E-state index in [1.54, 1.807) is 6.92 Å². The Kier molecular flexibility index (Phi) is 6.15. The van der Waals surface area contributed by atoms with Crippen molar-refractivity contribution in [1.82, 2.24) is 20.8 Å². The maximum Gasteiger partial charge on any atom is 0.321 e. The van der Waals surface area contributed by atoms with Crippen LogP contribution in [-0.4, -0.2) is 39.8 Å². The number of hydrogen-bond donors (Lipinski definition) is 3. The van der Waals surface area contributed by atoms with E-state index >= 15 is 0 Å². The van der Waals surface area contributed by atoms with Crippen LogP contribution in [0.1, 0.15) is 12.8 Å². The summed E-state index contributed by atoms with van der Waals surface area (Å²) in [6, 6.07) is 2.94. The summed E-state index contributed by atoms with van der Waals surface area (Å²) in [4.78, 5) is 35.1. The van der Waals surface area contributed by atoms with Crippen molar-refractivity contribution in [3.8, 4) is 0 Å². The second-order valence-electron chi connectivity index (χ2n) is 5.99. The minimum absolute atomic E-state index is 0.0208. The highest BCUT2D eigenvalue weighted by Gasteiger charge is 2.34. The summed E-state index contributed by atoms with van der Waals surface area (Å²) in [6.07, 6.45) is 0.154. The van der Waals surface area contributed by atoms with Gasteiger partial charge >= 0.3 is 6.03 Å². The standard InChI is InChI=1S/C16H15ClFN5O4S/c1-7-9(14(25)21-15(26)19-7)5-13-22-23-16(27-13)28-6-12(24)20-8-2-3-11(18)10(17)4-8/h2-4,7,9H,5-6H2,1H3,(H,20,24)(H2,19,21,25,26). The molecule has 12 heteroatoms. The Hall–Kier alpha value is -2.66. The highest BCUT2D eigenvalue weighted by molar-refractivity contribution is 7.99. The van der Waals surface area contributed by atoms with E-state index in [0.29, 0.717) is 5.69 Å². The van der Waals surface area contributed by atoms with E-state index in [1.165, 1.54) is 12.1 Å². The van der Waals surface area contributed by atoms with Crippen molar-refractivity contribution >= 4 is 46.9 Å². The summed E-state index contributed by atoms with van der Waals surface area (Å²) in [7, 11) is 0. The number of rotatable bonds is 6. The average Bonchev–Trinajstić information content (AvgIpc) is 3.07. The van der Waals surface area contributed by atoms with Crippen LogP contribution >= 0.6 is 23.4 Å². The Bertz CT molecular complexity index is 924. The molecule has 0 radical (unpaired) electrons. The lowest BCUT2D eigenvalue weighted by Gasteiger charge is -2.27. The van der Waals surface area contributed by atoms with Gasteiger partial charge in [0.05, 0.1) is 16.7 Å². The van der Waals surface area contributed by atoms with Crippen LogP contribution in [0, 0.1) is 11.7 Å². The van der Waals surface area contributed by atoms with Crippen molar-refractivity contribution in [2.45, 2.75) is 24.6 Å². The van der Waals surface area contributed by atoms with Crippen LogP contribution in [0.4, 0.5) is 14.9 Å². The molecule has 2 heterocycles. The zero-order chi connectivity index (χ0) is 20.3. The molecule has 2 aromatic rings. The van der Waals surface area contributed by atoms with E-state index in [0.717, 1.165) is 17.8 Å². The van der Waals surface area contributed by atoms with Gasteiger partial charge in [0.25, 0.3) is 5.22 Å². The molecule has 2 atom stereocenters. The Morgan fingerprint density at radius 3 is 2.89 bits per heavy atom. The lowest BCUT2D eigenvalue weighted by Crippen LogP contribution is -2.57. The molecule has 1 fully saturated rings. The van der Waals surface area contributed by atoms with Crippen LogP contribution in [0.15, 0.2) is 27.8 Å². The number of thioether (sulfide) groups is 1. The summed E-state index contributed by atoms with van der Waals surface area (Å²) in [5.74, 6) is -1.70. The smallest absolute Gasteiger partial charge is 0.321 e. The van der Waals surface area contributed by atoms with Gasteiger partial charge in [0.15, 0.2) is 0 Å². The van der Waals surface area contributed by atoms with Gasteiger partial charge in [0, 0.05) is 18.2 Å². The van der Waals surface area contributed by atoms with Gasteiger partial charge in [-0.1, -0.05) is 23.4 Å². The molecule has 4 amide bonds. The Morgan fingerprint density at radius 2 is 2.18 bits per heavy atom. The number of carbonyl (C=O) groups is 3. The fourth-order valence-corrected chi connectivity index (χ4v) is 3.27. The van der Waals surface area contributed by atoms with Gasteiger partial charge in [-0.3, -0.25) is 14.9 Å². The molecule has 28 heavy (non-hydrogen) atoms. The van der Waals surface area contributed by atoms with Crippen LogP contribution in [0.25, 0.3) is 0 Å². The van der Waals surface area contributed by atoms with Gasteiger partial charge < -0.3 is 15.1 Å². The average molecular weight is 428 g/mol. The Labute approximate surface area is 167 Å². The first-order valence-corrected chi connectivity index (χ1v) is 9.49. The fraction of sp³-hybridized carbons (Fsp3) is 0.312. The highest BCUT2D eigenvalue weighted by Crippen LogP contribution is 2.22. The van der Waals surface area contributed by atoms with Gasteiger partial charge in [-0.15, -0.1) is 10.2 Å². The summed E-state index contributed by atoms with van der Waals surface area (Å²) in [5, 5.41) is 15.1. The summed E-state index contributed by atoms with van der Waals surface area (Å²) >= 11 is 6.68. The van der Waals surface area contributed by atoms with Crippen molar-refractivity contribution < 1.29 is 23.2 Å². The number of carbonyl (C=O) groups excluding carboxylic acids is 3. The van der Waals surface area contributed by atoms with Crippen LogP contribution in [-0.2, 0) is 16.0 Å². The number of aromatic nitrogens is 2. The molecule has 3 N–H and O–H groups in total. The molecule has 1 aliphatic heterocycles. The highest BCUT2D eigenvalue weighted by atomic mass is 35.5. The number of hydrogen-bond acceptors (Lipinski definition) is 7. The topological polar surface area (TPSA) is 126 Å². The van der Waals surface area contributed by atoms with Gasteiger partial charge in [0.1, 0.15) is 5.82 Å². The minimum atomic E-state index is -0.576. The maximum atomic E-state index is 13.1. The first kappa shape index (κ1) is 20.1. The van der Waals surface area contributed by atoms with Gasteiger partial charge in [-0.05, 0) is 25.1 Å². The molecule has 0 bridgehead atoms. The predicted molar refractivity (Wildman–Crippen MR) is 98.4 cm³/mol. The van der Waals surface area contributed by atoms with Crippen LogP contribution < -0.4 is 16.0 Å². The summed E-state index contributed by atoms with van der Waals surface area (Å²) in [6.45, 7) is 1.71. The number of halogens is 2. The lowest BCUT2D eigenvalue weighted by atomic mass is 9.95. The van der Waals surface area contributed by atoms with E-state index in [9.17, 15) is 18.8 Å². The molecule has 1 aromatic carbocycles. The van der Waals surface area contributed by atoms with Crippen molar-refractivity contribution in [1.29, 1.82) is 0 Å². The normalized spacial score (nSPS) is 19.1. The number of anilines is 1. The van der Waals surface area contributed by atoms with Gasteiger partial charge in [0.2, 0.25) is 17.7 Å². The third kappa shape index (κ3) is 4.98. The molecule has 0 aliphatic carbocycles. The largest absolute Gasteiger partial charge is 0.416 e. The molecule has 9 nitrogen and oxygen atoms in total. The lowest BCUT2D eigenvalue weighted by molar-refractivity contribution is -0.125. The van der Waals surface area contributed by atoms with E-state index in [2.05, 4.69) is 26.1 Å². The molecule has 148 valence electrons. The molecule has 0 spiro atoms. The predicted octanol–water partition coefficient (Wildman–Crippen LogP) is 1.98. The third-order valence-corrected chi connectivity index (χ3v) is 5.02. The Balaban J connectivity index is 1.51. The number of imide groups is 1. The number of urea groups is 1. The van der Waals surface area contributed by atoms with Crippen molar-refractivity contribution in [3.05, 3.63) is 34.9 Å². The van der Waals surface area contributed by atoms with E-state index in [-0.39, 0.29) is 40.3 Å². The van der Waals surface area contributed by atoms with Crippen molar-refractivity contribution in [2.75, 3.05) is 11.1 Å². The van der Waals surface area contributed by atoms with Gasteiger partial charge in [-0.25, -0.2) is 9.18 Å². The summed E-state index contributed by atoms with van der Waals surface area (Å²) < 4.78 is 18.6. The molecular weight excluding hydrogens is 413 g/mol. The monoisotopic (exact) mass is 427 g/mol. The van der Waals surface area contributed by atoms with Crippen molar-refractivity contribution in [2.24, 2.45) is 5.92 Å². The van der Waals surface area contributed by atoms with Gasteiger partial charge in [-0.2, -0.15) is 0 Å². The molecule has 1 aromatic heterocycles. The van der Waals surface area contributed by atoms with Crippen LogP contribution in [0.2, 0.25) is 5.02 Å². The zero-order valence-corrected chi connectivity index (χ0v) is 16.1. The molecule has 0 saturated carbocycles. The maximum absolute atomic E-state index is 13.1. The SMILES string of the molecule is CC1NC(=O)NC(=O)C1Cc1nnc(SCC(=O)Nc2ccc(F)c(Cl)c2)o1. The van der Waals surface area contributed by atoms with Crippen molar-refractivity contribution in [3.63, 3.8) is 0 Å². The van der Waals surface area contributed by atoms with Crippen LogP contribution in [0.5, 0.6) is 0 Å². The second-order valence-corrected chi connectivity index (χ2v) is 7.32. The van der Waals surface area contributed by atoms with Crippen LogP contribution in [0.3, 0.4) is 0 Å². The first-order chi connectivity index (χ1) is 13.3. The first-order valence-electron chi connectivity index (χ1n) is 8.13. The third-order valence-electron chi connectivity index (χ3n) is 3.91. The molecule has 2 unspecified atom stereocenters. The van der Waals surface area contributed by atoms with E-state index in [1.807, 2.05) is 0 Å². The Morgan fingerprint density at radius 1 is 1.39 bits per heavy atom. The molecular formula is C16H15ClFN5O4S. The minimum Gasteiger partial charge on any atom is -0.416 e. The van der Waals surface area contributed by atoms with E-state index in [4.69, 9.17) is 16.0 Å². The quantitative estimate of drug-likeness (QED) is 0.601. The number of benzene rings is 1. The fourth-order valence-electron chi connectivity index (χ4n) is 2.51.